The van der Waals surface area contributed by atoms with Crippen LogP contribution in [0.3, 0.4) is 0 Å². The normalized spacial score (nSPS) is 14.6. The van der Waals surface area contributed by atoms with Crippen molar-refractivity contribution in [2.45, 2.75) is 65.0 Å². The molecule has 0 aliphatic heterocycles. The second kappa shape index (κ2) is 9.64. The van der Waals surface area contributed by atoms with Crippen molar-refractivity contribution < 1.29 is 14.3 Å². The lowest BCUT2D eigenvalue weighted by Gasteiger charge is -2.21. The summed E-state index contributed by atoms with van der Waals surface area (Å²) in [6.07, 6.45) is 7.48. The molecule has 4 rings (SSSR count). The third kappa shape index (κ3) is 4.98. The SMILES string of the molecule is Cc1cccc(OCCCn2cnc3sc(C(=O)OC4CCCCC4)c(C)c3c2=O)c1. The molecule has 7 heteroatoms. The Morgan fingerprint density at radius 2 is 2.03 bits per heavy atom. The van der Waals surface area contributed by atoms with Crippen LogP contribution in [-0.4, -0.2) is 28.2 Å². The van der Waals surface area contributed by atoms with E-state index in [1.807, 2.05) is 38.1 Å². The minimum absolute atomic E-state index is 0.0103. The molecule has 1 aliphatic carbocycles. The van der Waals surface area contributed by atoms with Gasteiger partial charge in [-0.3, -0.25) is 9.36 Å². The molecular weight excluding hydrogens is 412 g/mol. The van der Waals surface area contributed by atoms with Gasteiger partial charge in [-0.1, -0.05) is 18.6 Å². The number of fused-ring (bicyclic) bond motifs is 1. The molecule has 0 radical (unpaired) electrons. The molecule has 1 saturated carbocycles. The van der Waals surface area contributed by atoms with Crippen molar-refractivity contribution in [3.05, 3.63) is 57.0 Å². The zero-order valence-corrected chi connectivity index (χ0v) is 18.9. The van der Waals surface area contributed by atoms with Crippen LogP contribution in [0.25, 0.3) is 10.2 Å². The van der Waals surface area contributed by atoms with Gasteiger partial charge in [0, 0.05) is 6.54 Å². The number of aryl methyl sites for hydroxylation is 3. The van der Waals surface area contributed by atoms with Crippen LogP contribution >= 0.6 is 11.3 Å². The number of aromatic nitrogens is 2. The van der Waals surface area contributed by atoms with Gasteiger partial charge in [0.05, 0.1) is 18.3 Å². The highest BCUT2D eigenvalue weighted by Crippen LogP contribution is 2.29. The Morgan fingerprint density at radius 3 is 2.81 bits per heavy atom. The number of hydrogen-bond acceptors (Lipinski definition) is 6. The fourth-order valence-electron chi connectivity index (χ4n) is 4.03. The van der Waals surface area contributed by atoms with E-state index in [9.17, 15) is 9.59 Å². The molecule has 0 amide bonds. The largest absolute Gasteiger partial charge is 0.494 e. The number of hydrogen-bond donors (Lipinski definition) is 0. The van der Waals surface area contributed by atoms with Gasteiger partial charge in [0.25, 0.3) is 5.56 Å². The van der Waals surface area contributed by atoms with E-state index in [0.717, 1.165) is 37.0 Å². The molecule has 2 heterocycles. The molecule has 164 valence electrons. The molecule has 3 aromatic rings. The number of carbonyl (C=O) groups is 1. The number of benzene rings is 1. The summed E-state index contributed by atoms with van der Waals surface area (Å²) in [5.41, 5.74) is 1.70. The van der Waals surface area contributed by atoms with Gasteiger partial charge in [-0.15, -0.1) is 11.3 Å². The zero-order chi connectivity index (χ0) is 21.8. The van der Waals surface area contributed by atoms with E-state index >= 15 is 0 Å². The van der Waals surface area contributed by atoms with E-state index in [1.54, 1.807) is 10.9 Å². The van der Waals surface area contributed by atoms with Crippen LogP contribution in [0, 0.1) is 13.8 Å². The molecule has 1 aliphatic rings. The third-order valence-corrected chi connectivity index (χ3v) is 6.91. The summed E-state index contributed by atoms with van der Waals surface area (Å²) in [7, 11) is 0. The number of thiophene rings is 1. The first-order valence-electron chi connectivity index (χ1n) is 10.9. The first kappa shape index (κ1) is 21.6. The van der Waals surface area contributed by atoms with Gasteiger partial charge in [0.2, 0.25) is 0 Å². The Labute approximate surface area is 185 Å². The van der Waals surface area contributed by atoms with E-state index in [4.69, 9.17) is 9.47 Å². The average molecular weight is 441 g/mol. The maximum absolute atomic E-state index is 13.0. The molecule has 0 unspecified atom stereocenters. The van der Waals surface area contributed by atoms with Crippen molar-refractivity contribution >= 4 is 27.5 Å². The Kier molecular flexibility index (Phi) is 6.70. The van der Waals surface area contributed by atoms with E-state index in [1.165, 1.54) is 17.8 Å². The molecule has 0 saturated heterocycles. The van der Waals surface area contributed by atoms with Gasteiger partial charge >= 0.3 is 5.97 Å². The lowest BCUT2D eigenvalue weighted by atomic mass is 9.98. The minimum atomic E-state index is -0.329. The van der Waals surface area contributed by atoms with Crippen LogP contribution in [0.15, 0.2) is 35.4 Å². The predicted molar refractivity (Wildman–Crippen MR) is 122 cm³/mol. The number of carbonyl (C=O) groups excluding carboxylic acids is 1. The second-order valence-electron chi connectivity index (χ2n) is 8.16. The molecular formula is C24H28N2O4S. The van der Waals surface area contributed by atoms with Crippen LogP contribution in [0.2, 0.25) is 0 Å². The van der Waals surface area contributed by atoms with Crippen molar-refractivity contribution in [1.82, 2.24) is 9.55 Å². The van der Waals surface area contributed by atoms with Crippen molar-refractivity contribution in [1.29, 1.82) is 0 Å². The van der Waals surface area contributed by atoms with Gasteiger partial charge in [0.15, 0.2) is 0 Å². The second-order valence-corrected chi connectivity index (χ2v) is 9.16. The van der Waals surface area contributed by atoms with Crippen LogP contribution in [-0.2, 0) is 11.3 Å². The van der Waals surface area contributed by atoms with E-state index in [-0.39, 0.29) is 17.6 Å². The number of ether oxygens (including phenoxy) is 2. The molecule has 2 aromatic heterocycles. The number of esters is 1. The lowest BCUT2D eigenvalue weighted by molar-refractivity contribution is 0.0216. The van der Waals surface area contributed by atoms with Crippen molar-refractivity contribution in [3.8, 4) is 5.75 Å². The minimum Gasteiger partial charge on any atom is -0.494 e. The highest BCUT2D eigenvalue weighted by molar-refractivity contribution is 7.20. The first-order chi connectivity index (χ1) is 15.0. The van der Waals surface area contributed by atoms with Gasteiger partial charge in [0.1, 0.15) is 21.6 Å². The van der Waals surface area contributed by atoms with Crippen LogP contribution in [0.4, 0.5) is 0 Å². The molecule has 0 spiro atoms. The van der Waals surface area contributed by atoms with Crippen molar-refractivity contribution in [2.24, 2.45) is 0 Å². The van der Waals surface area contributed by atoms with Crippen LogP contribution in [0.1, 0.15) is 59.3 Å². The molecule has 6 nitrogen and oxygen atoms in total. The molecule has 31 heavy (non-hydrogen) atoms. The summed E-state index contributed by atoms with van der Waals surface area (Å²) in [6, 6.07) is 7.90. The number of nitrogens with zero attached hydrogens (tertiary/aromatic N) is 2. The van der Waals surface area contributed by atoms with Gasteiger partial charge < -0.3 is 9.47 Å². The third-order valence-electron chi connectivity index (χ3n) is 5.73. The highest BCUT2D eigenvalue weighted by Gasteiger charge is 2.24. The maximum Gasteiger partial charge on any atom is 0.348 e. The van der Waals surface area contributed by atoms with Crippen LogP contribution in [0.5, 0.6) is 5.75 Å². The monoisotopic (exact) mass is 440 g/mol. The summed E-state index contributed by atoms with van der Waals surface area (Å²) in [5.74, 6) is 0.501. The molecule has 1 aromatic carbocycles. The Morgan fingerprint density at radius 1 is 1.23 bits per heavy atom. The van der Waals surface area contributed by atoms with E-state index in [0.29, 0.717) is 40.2 Å². The highest BCUT2D eigenvalue weighted by atomic mass is 32.1. The smallest absolute Gasteiger partial charge is 0.348 e. The Balaban J connectivity index is 1.43. The standard InChI is InChI=1S/C24H28N2O4S/c1-16-8-6-11-19(14-16)29-13-7-12-26-15-25-22-20(23(26)27)17(2)21(31-22)24(28)30-18-9-4-3-5-10-18/h6,8,11,14-15,18H,3-5,7,9-10,12-13H2,1-2H3. The topological polar surface area (TPSA) is 70.4 Å². The fourth-order valence-corrected chi connectivity index (χ4v) is 5.05. The average Bonchev–Trinajstić information content (AvgIpc) is 3.11. The summed E-state index contributed by atoms with van der Waals surface area (Å²) < 4.78 is 13.1. The van der Waals surface area contributed by atoms with Gasteiger partial charge in [-0.2, -0.15) is 0 Å². The van der Waals surface area contributed by atoms with Gasteiger partial charge in [-0.25, -0.2) is 9.78 Å². The predicted octanol–water partition coefficient (Wildman–Crippen LogP) is 5.03. The van der Waals surface area contributed by atoms with Crippen molar-refractivity contribution in [3.63, 3.8) is 0 Å². The quantitative estimate of drug-likeness (QED) is 0.380. The van der Waals surface area contributed by atoms with Gasteiger partial charge in [-0.05, 0) is 69.2 Å². The Hall–Kier alpha value is -2.67. The molecule has 0 N–H and O–H groups in total. The number of rotatable bonds is 7. The van der Waals surface area contributed by atoms with Crippen LogP contribution < -0.4 is 10.3 Å². The maximum atomic E-state index is 13.0. The summed E-state index contributed by atoms with van der Waals surface area (Å²) in [6.45, 7) is 4.85. The summed E-state index contributed by atoms with van der Waals surface area (Å²) >= 11 is 1.25. The Bertz CT molecular complexity index is 1130. The molecule has 1 fully saturated rings. The summed E-state index contributed by atoms with van der Waals surface area (Å²) in [5, 5.41) is 0.516. The fraction of sp³-hybridized carbons (Fsp3) is 0.458. The van der Waals surface area contributed by atoms with E-state index in [2.05, 4.69) is 4.98 Å². The molecule has 0 bridgehead atoms. The zero-order valence-electron chi connectivity index (χ0n) is 18.1. The van der Waals surface area contributed by atoms with Crippen molar-refractivity contribution in [2.75, 3.05) is 6.61 Å². The van der Waals surface area contributed by atoms with E-state index < -0.39 is 0 Å². The lowest BCUT2D eigenvalue weighted by Crippen LogP contribution is -2.22. The first-order valence-corrected chi connectivity index (χ1v) is 11.7. The molecule has 0 atom stereocenters. The summed E-state index contributed by atoms with van der Waals surface area (Å²) in [4.78, 5) is 31.2.